The van der Waals surface area contributed by atoms with Gasteiger partial charge in [0.15, 0.2) is 0 Å². The molecule has 8 nitrogen and oxygen atoms in total. The van der Waals surface area contributed by atoms with Gasteiger partial charge in [0, 0.05) is 0 Å². The number of amides is 2. The van der Waals surface area contributed by atoms with Crippen LogP contribution >= 0.6 is 11.8 Å². The molecule has 1 aromatic heterocycles. The number of imide groups is 1. The number of hydrogen-bond donors (Lipinski definition) is 0. The van der Waals surface area contributed by atoms with Crippen LogP contribution in [0.15, 0.2) is 23.4 Å². The number of thioether (sulfide) groups is 1. The molecule has 3 rings (SSSR count). The van der Waals surface area contributed by atoms with Crippen molar-refractivity contribution >= 4 is 23.8 Å². The molecule has 1 saturated heterocycles. The van der Waals surface area contributed by atoms with Gasteiger partial charge in [0.2, 0.25) is 11.1 Å². The molecule has 0 spiro atoms. The van der Waals surface area contributed by atoms with Crippen molar-refractivity contribution in [1.29, 1.82) is 0 Å². The molecule has 0 radical (unpaired) electrons. The zero-order chi connectivity index (χ0) is 16.4. The lowest BCUT2D eigenvalue weighted by atomic mass is 10.1. The summed E-state index contributed by atoms with van der Waals surface area (Å²) in [6, 6.07) is 5.86. The molecule has 23 heavy (non-hydrogen) atoms. The van der Waals surface area contributed by atoms with Crippen LogP contribution in [0.2, 0.25) is 0 Å². The van der Waals surface area contributed by atoms with Crippen molar-refractivity contribution in [3.63, 3.8) is 0 Å². The van der Waals surface area contributed by atoms with Crippen LogP contribution in [0.5, 0.6) is 0 Å². The molecule has 0 aliphatic carbocycles. The van der Waals surface area contributed by atoms with E-state index in [2.05, 4.69) is 15.5 Å². The van der Waals surface area contributed by atoms with E-state index in [1.54, 1.807) is 4.68 Å². The summed E-state index contributed by atoms with van der Waals surface area (Å²) in [5.74, 6) is -0.242. The minimum Gasteiger partial charge on any atom is -0.447 e. The zero-order valence-corrected chi connectivity index (χ0v) is 13.5. The van der Waals surface area contributed by atoms with Crippen molar-refractivity contribution in [2.75, 3.05) is 18.9 Å². The molecule has 0 atom stereocenters. The second kappa shape index (κ2) is 6.37. The predicted molar refractivity (Wildman–Crippen MR) is 82.4 cm³/mol. The summed E-state index contributed by atoms with van der Waals surface area (Å²) in [4.78, 5) is 24.5. The number of tetrazole rings is 1. The quantitative estimate of drug-likeness (QED) is 0.780. The van der Waals surface area contributed by atoms with Gasteiger partial charge in [0.05, 0.1) is 18.0 Å². The van der Waals surface area contributed by atoms with Crippen LogP contribution in [0, 0.1) is 13.8 Å². The standard InChI is InChI=1S/C14H15N5O3S/c1-9-4-3-5-11(10(9)2)19-13(15-16-17-19)23-8-12(20)18-6-7-22-14(18)21/h3-5H,6-8H2,1-2H3. The van der Waals surface area contributed by atoms with Crippen LogP contribution in [0.25, 0.3) is 5.69 Å². The molecule has 1 aliphatic heterocycles. The average molecular weight is 333 g/mol. The Morgan fingerprint density at radius 3 is 2.96 bits per heavy atom. The first-order valence-electron chi connectivity index (χ1n) is 7.03. The van der Waals surface area contributed by atoms with Crippen molar-refractivity contribution in [3.8, 4) is 5.69 Å². The lowest BCUT2D eigenvalue weighted by Gasteiger charge is -2.11. The number of hydrogen-bond acceptors (Lipinski definition) is 7. The zero-order valence-electron chi connectivity index (χ0n) is 12.7. The van der Waals surface area contributed by atoms with Crippen LogP contribution in [0.1, 0.15) is 11.1 Å². The highest BCUT2D eigenvalue weighted by Crippen LogP contribution is 2.22. The van der Waals surface area contributed by atoms with E-state index in [0.717, 1.165) is 21.7 Å². The van der Waals surface area contributed by atoms with E-state index in [4.69, 9.17) is 4.74 Å². The van der Waals surface area contributed by atoms with Gasteiger partial charge in [-0.25, -0.2) is 9.69 Å². The van der Waals surface area contributed by atoms with E-state index in [1.807, 2.05) is 32.0 Å². The Balaban J connectivity index is 1.75. The average Bonchev–Trinajstić information content (AvgIpc) is 3.16. The Morgan fingerprint density at radius 1 is 1.39 bits per heavy atom. The number of carbonyl (C=O) groups excluding carboxylic acids is 2. The van der Waals surface area contributed by atoms with Crippen LogP contribution in [-0.2, 0) is 9.53 Å². The van der Waals surface area contributed by atoms with Crippen molar-refractivity contribution in [2.24, 2.45) is 0 Å². The molecule has 120 valence electrons. The fourth-order valence-corrected chi connectivity index (χ4v) is 2.97. The third kappa shape index (κ3) is 3.04. The van der Waals surface area contributed by atoms with Crippen LogP contribution < -0.4 is 0 Å². The number of benzene rings is 1. The summed E-state index contributed by atoms with van der Waals surface area (Å²) < 4.78 is 6.36. The van der Waals surface area contributed by atoms with Gasteiger partial charge in [-0.3, -0.25) is 4.79 Å². The summed E-state index contributed by atoms with van der Waals surface area (Å²) >= 11 is 1.19. The molecule has 1 fully saturated rings. The lowest BCUT2D eigenvalue weighted by molar-refractivity contribution is -0.125. The molecule has 9 heteroatoms. The van der Waals surface area contributed by atoms with E-state index >= 15 is 0 Å². The molecule has 0 N–H and O–H groups in total. The lowest BCUT2D eigenvalue weighted by Crippen LogP contribution is -2.33. The molecule has 1 aliphatic rings. The molecular formula is C14H15N5O3S. The van der Waals surface area contributed by atoms with Crippen molar-refractivity contribution in [2.45, 2.75) is 19.0 Å². The number of aryl methyl sites for hydroxylation is 1. The number of rotatable bonds is 4. The summed E-state index contributed by atoms with van der Waals surface area (Å²) in [6.07, 6.45) is -0.593. The molecule has 1 aromatic carbocycles. The molecule has 0 unspecified atom stereocenters. The van der Waals surface area contributed by atoms with Crippen LogP contribution in [0.4, 0.5) is 4.79 Å². The Labute approximate surface area is 136 Å². The monoisotopic (exact) mass is 333 g/mol. The minimum absolute atomic E-state index is 0.0698. The van der Waals surface area contributed by atoms with Gasteiger partial charge in [-0.2, -0.15) is 4.68 Å². The Hall–Kier alpha value is -2.42. The summed E-state index contributed by atoms with van der Waals surface area (Å²) in [5.41, 5.74) is 3.06. The topological polar surface area (TPSA) is 90.2 Å². The molecular weight excluding hydrogens is 318 g/mol. The first-order valence-corrected chi connectivity index (χ1v) is 8.01. The molecule has 0 saturated carbocycles. The van der Waals surface area contributed by atoms with Crippen LogP contribution in [0.3, 0.4) is 0 Å². The largest absolute Gasteiger partial charge is 0.447 e. The maximum absolute atomic E-state index is 12.0. The highest BCUT2D eigenvalue weighted by molar-refractivity contribution is 7.99. The maximum atomic E-state index is 12.0. The molecule has 0 bridgehead atoms. The molecule has 2 heterocycles. The second-order valence-electron chi connectivity index (χ2n) is 5.04. The summed E-state index contributed by atoms with van der Waals surface area (Å²) in [5, 5.41) is 12.1. The van der Waals surface area contributed by atoms with E-state index in [9.17, 15) is 9.59 Å². The minimum atomic E-state index is -0.593. The number of carbonyl (C=O) groups is 2. The molecule has 2 aromatic rings. The second-order valence-corrected chi connectivity index (χ2v) is 5.98. The van der Waals surface area contributed by atoms with Gasteiger partial charge in [-0.05, 0) is 41.5 Å². The van der Waals surface area contributed by atoms with Crippen molar-refractivity contribution < 1.29 is 14.3 Å². The number of ether oxygens (including phenoxy) is 1. The van der Waals surface area contributed by atoms with Gasteiger partial charge in [0.1, 0.15) is 6.61 Å². The SMILES string of the molecule is Cc1cccc(-n2nnnc2SCC(=O)N2CCOC2=O)c1C. The Morgan fingerprint density at radius 2 is 2.22 bits per heavy atom. The van der Waals surface area contributed by atoms with Gasteiger partial charge in [-0.1, -0.05) is 23.9 Å². The third-order valence-electron chi connectivity index (χ3n) is 3.63. The van der Waals surface area contributed by atoms with Gasteiger partial charge in [0.25, 0.3) is 0 Å². The third-order valence-corrected chi connectivity index (χ3v) is 4.54. The smallest absolute Gasteiger partial charge is 0.416 e. The highest BCUT2D eigenvalue weighted by Gasteiger charge is 2.28. The fourth-order valence-electron chi connectivity index (χ4n) is 2.21. The fraction of sp³-hybridized carbons (Fsp3) is 0.357. The Bertz CT molecular complexity index is 761. The normalized spacial score (nSPS) is 14.2. The highest BCUT2D eigenvalue weighted by atomic mass is 32.2. The summed E-state index contributed by atoms with van der Waals surface area (Å²) in [6.45, 7) is 4.54. The van der Waals surface area contributed by atoms with E-state index in [0.29, 0.717) is 11.7 Å². The van der Waals surface area contributed by atoms with Crippen molar-refractivity contribution in [1.82, 2.24) is 25.1 Å². The van der Waals surface area contributed by atoms with E-state index in [-0.39, 0.29) is 18.3 Å². The molecule has 2 amide bonds. The number of nitrogens with zero attached hydrogens (tertiary/aromatic N) is 5. The number of aromatic nitrogens is 4. The maximum Gasteiger partial charge on any atom is 0.416 e. The first kappa shape index (κ1) is 15.5. The van der Waals surface area contributed by atoms with Gasteiger partial charge < -0.3 is 4.74 Å². The first-order chi connectivity index (χ1) is 11.1. The van der Waals surface area contributed by atoms with Crippen molar-refractivity contribution in [3.05, 3.63) is 29.3 Å². The predicted octanol–water partition coefficient (Wildman–Crippen LogP) is 1.35. The van der Waals surface area contributed by atoms with Gasteiger partial charge >= 0.3 is 6.09 Å². The Kier molecular flexibility index (Phi) is 4.28. The summed E-state index contributed by atoms with van der Waals surface area (Å²) in [7, 11) is 0. The van der Waals surface area contributed by atoms with E-state index in [1.165, 1.54) is 11.8 Å². The number of cyclic esters (lactones) is 1. The van der Waals surface area contributed by atoms with Gasteiger partial charge in [-0.15, -0.1) is 5.10 Å². The van der Waals surface area contributed by atoms with Crippen LogP contribution in [-0.4, -0.2) is 56.0 Å². The van der Waals surface area contributed by atoms with E-state index < -0.39 is 6.09 Å².